The maximum absolute atomic E-state index is 12.6. The van der Waals surface area contributed by atoms with Gasteiger partial charge in [-0.3, -0.25) is 9.52 Å². The molecular weight excluding hydrogens is 376 g/mol. The minimum Gasteiger partial charge on any atom is -0.349 e. The lowest BCUT2D eigenvalue weighted by atomic mass is 10.1. The third kappa shape index (κ3) is 4.83. The van der Waals surface area contributed by atoms with E-state index in [1.807, 2.05) is 0 Å². The summed E-state index contributed by atoms with van der Waals surface area (Å²) in [7, 11) is -4.47. The SMILES string of the molecule is CN(C)C(=O)Cc1ccc(NS(=O)(=O)c2ccccc2S(C)(=O)=O)cc1. The highest BCUT2D eigenvalue weighted by atomic mass is 32.2. The molecule has 26 heavy (non-hydrogen) atoms. The molecular formula is C17H20N2O5S2. The zero-order valence-corrected chi connectivity index (χ0v) is 16.3. The molecule has 0 bridgehead atoms. The second-order valence-electron chi connectivity index (χ2n) is 5.99. The minimum absolute atomic E-state index is 0.0691. The first kappa shape index (κ1) is 19.9. The molecule has 1 N–H and O–H groups in total. The molecule has 7 nitrogen and oxygen atoms in total. The Morgan fingerprint density at radius 2 is 1.46 bits per heavy atom. The molecule has 2 aromatic rings. The third-order valence-corrected chi connectivity index (χ3v) is 6.32. The molecule has 0 heterocycles. The smallest absolute Gasteiger partial charge is 0.263 e. The van der Waals surface area contributed by atoms with Gasteiger partial charge in [0.15, 0.2) is 9.84 Å². The number of sulfonamides is 1. The number of likely N-dealkylation sites (N-methyl/N-ethyl adjacent to an activating group) is 1. The average Bonchev–Trinajstić information content (AvgIpc) is 2.55. The van der Waals surface area contributed by atoms with Gasteiger partial charge >= 0.3 is 0 Å². The number of nitrogens with one attached hydrogen (secondary N) is 1. The third-order valence-electron chi connectivity index (χ3n) is 3.60. The molecule has 2 aromatic carbocycles. The number of hydrogen-bond donors (Lipinski definition) is 1. The Bertz CT molecular complexity index is 1010. The lowest BCUT2D eigenvalue weighted by Crippen LogP contribution is -2.23. The van der Waals surface area contributed by atoms with Crippen molar-refractivity contribution >= 4 is 31.5 Å². The van der Waals surface area contributed by atoms with E-state index >= 15 is 0 Å². The molecule has 1 amide bonds. The molecule has 0 aliphatic rings. The number of hydrogen-bond acceptors (Lipinski definition) is 5. The summed E-state index contributed by atoms with van der Waals surface area (Å²) in [5.41, 5.74) is 1.01. The van der Waals surface area contributed by atoms with Crippen LogP contribution in [0.15, 0.2) is 58.3 Å². The van der Waals surface area contributed by atoms with Crippen LogP contribution in [-0.2, 0) is 31.1 Å². The van der Waals surface area contributed by atoms with E-state index in [2.05, 4.69) is 4.72 Å². The summed E-state index contributed by atoms with van der Waals surface area (Å²) >= 11 is 0. The summed E-state index contributed by atoms with van der Waals surface area (Å²) in [5, 5.41) is 0. The molecule has 140 valence electrons. The predicted octanol–water partition coefficient (Wildman–Crippen LogP) is 1.52. The van der Waals surface area contributed by atoms with Crippen LogP contribution in [0.3, 0.4) is 0 Å². The Balaban J connectivity index is 2.27. The van der Waals surface area contributed by atoms with Gasteiger partial charge in [-0.05, 0) is 29.8 Å². The van der Waals surface area contributed by atoms with Gasteiger partial charge in [0.25, 0.3) is 10.0 Å². The fourth-order valence-electron chi connectivity index (χ4n) is 2.21. The molecule has 0 aliphatic carbocycles. The summed E-state index contributed by atoms with van der Waals surface area (Å²) in [4.78, 5) is 12.6. The minimum atomic E-state index is -4.08. The molecule has 0 fully saturated rings. The van der Waals surface area contributed by atoms with Gasteiger partial charge in [0.1, 0.15) is 4.90 Å². The van der Waals surface area contributed by atoms with E-state index in [0.29, 0.717) is 0 Å². The normalized spacial score (nSPS) is 11.8. The van der Waals surface area contributed by atoms with Crippen molar-refractivity contribution in [1.29, 1.82) is 0 Å². The van der Waals surface area contributed by atoms with Crippen LogP contribution < -0.4 is 4.72 Å². The molecule has 0 aromatic heterocycles. The van der Waals surface area contributed by atoms with Gasteiger partial charge in [-0.1, -0.05) is 24.3 Å². The molecule has 0 aliphatic heterocycles. The van der Waals surface area contributed by atoms with E-state index in [1.54, 1.807) is 26.2 Å². The molecule has 0 spiro atoms. The number of rotatable bonds is 6. The summed E-state index contributed by atoms with van der Waals surface area (Å²) in [6.07, 6.45) is 1.16. The fraction of sp³-hybridized carbons (Fsp3) is 0.235. The van der Waals surface area contributed by atoms with E-state index in [9.17, 15) is 21.6 Å². The Morgan fingerprint density at radius 3 is 1.96 bits per heavy atom. The van der Waals surface area contributed by atoms with Gasteiger partial charge in [0, 0.05) is 26.0 Å². The van der Waals surface area contributed by atoms with E-state index < -0.39 is 19.9 Å². The quantitative estimate of drug-likeness (QED) is 0.798. The molecule has 0 unspecified atom stereocenters. The molecule has 0 radical (unpaired) electrons. The molecule has 2 rings (SSSR count). The first-order valence-electron chi connectivity index (χ1n) is 7.62. The van der Waals surface area contributed by atoms with Crippen molar-refractivity contribution in [2.45, 2.75) is 16.2 Å². The van der Waals surface area contributed by atoms with Crippen LogP contribution in [0.4, 0.5) is 5.69 Å². The van der Waals surface area contributed by atoms with Crippen LogP contribution in [0.2, 0.25) is 0 Å². The number of sulfone groups is 1. The summed E-state index contributed by atoms with van der Waals surface area (Å²) in [6.45, 7) is 0. The summed E-state index contributed by atoms with van der Waals surface area (Å²) in [5.74, 6) is -0.0691. The number of carbonyl (C=O) groups excluding carboxylic acids is 1. The molecule has 0 saturated carbocycles. The first-order chi connectivity index (χ1) is 12.0. The van der Waals surface area contributed by atoms with Crippen molar-refractivity contribution in [3.63, 3.8) is 0 Å². The van der Waals surface area contributed by atoms with Crippen molar-refractivity contribution in [2.24, 2.45) is 0 Å². The van der Waals surface area contributed by atoms with Gasteiger partial charge in [-0.2, -0.15) is 0 Å². The van der Waals surface area contributed by atoms with Gasteiger partial charge in [0.2, 0.25) is 5.91 Å². The highest BCUT2D eigenvalue weighted by Gasteiger charge is 2.23. The number of amides is 1. The predicted molar refractivity (Wildman–Crippen MR) is 99.2 cm³/mol. The van der Waals surface area contributed by atoms with Crippen molar-refractivity contribution in [3.05, 3.63) is 54.1 Å². The Kier molecular flexibility index (Phi) is 5.72. The van der Waals surface area contributed by atoms with Crippen molar-refractivity contribution in [1.82, 2.24) is 4.90 Å². The Labute approximate surface area is 153 Å². The van der Waals surface area contributed by atoms with Crippen LogP contribution in [0, 0.1) is 0 Å². The van der Waals surface area contributed by atoms with Gasteiger partial charge in [-0.25, -0.2) is 16.8 Å². The highest BCUT2D eigenvalue weighted by molar-refractivity contribution is 7.95. The lowest BCUT2D eigenvalue weighted by molar-refractivity contribution is -0.127. The second-order valence-corrected chi connectivity index (χ2v) is 9.62. The van der Waals surface area contributed by atoms with E-state index in [4.69, 9.17) is 0 Å². The molecule has 9 heteroatoms. The zero-order valence-electron chi connectivity index (χ0n) is 14.6. The number of benzene rings is 2. The van der Waals surface area contributed by atoms with E-state index in [0.717, 1.165) is 11.8 Å². The topological polar surface area (TPSA) is 101 Å². The lowest BCUT2D eigenvalue weighted by Gasteiger charge is -2.12. The Morgan fingerprint density at radius 1 is 0.923 bits per heavy atom. The van der Waals surface area contributed by atoms with Crippen molar-refractivity contribution in [3.8, 4) is 0 Å². The van der Waals surface area contributed by atoms with Gasteiger partial charge in [-0.15, -0.1) is 0 Å². The van der Waals surface area contributed by atoms with E-state index in [-0.39, 0.29) is 27.8 Å². The van der Waals surface area contributed by atoms with Crippen LogP contribution in [0.25, 0.3) is 0 Å². The molecule has 0 saturated heterocycles. The van der Waals surface area contributed by atoms with Gasteiger partial charge < -0.3 is 4.90 Å². The highest BCUT2D eigenvalue weighted by Crippen LogP contribution is 2.23. The number of carbonyl (C=O) groups is 1. The summed E-state index contributed by atoms with van der Waals surface area (Å²) in [6, 6.07) is 11.7. The fourth-order valence-corrected chi connectivity index (χ4v) is 4.90. The standard InChI is InChI=1S/C17H20N2O5S2/c1-19(2)17(20)12-13-8-10-14(11-9-13)18-26(23,24)16-7-5-4-6-15(16)25(3,21)22/h4-11,18H,12H2,1-3H3. The molecule has 0 atom stereocenters. The monoisotopic (exact) mass is 396 g/mol. The van der Waals surface area contributed by atoms with Crippen LogP contribution in [0.5, 0.6) is 0 Å². The second kappa shape index (κ2) is 7.46. The number of nitrogens with zero attached hydrogens (tertiary/aromatic N) is 1. The van der Waals surface area contributed by atoms with Crippen molar-refractivity contribution in [2.75, 3.05) is 25.1 Å². The van der Waals surface area contributed by atoms with Crippen LogP contribution in [0.1, 0.15) is 5.56 Å². The van der Waals surface area contributed by atoms with Crippen LogP contribution >= 0.6 is 0 Å². The van der Waals surface area contributed by atoms with E-state index in [1.165, 1.54) is 41.3 Å². The van der Waals surface area contributed by atoms with Gasteiger partial charge in [0.05, 0.1) is 11.3 Å². The van der Waals surface area contributed by atoms with Crippen LogP contribution in [-0.4, -0.2) is 48.0 Å². The first-order valence-corrected chi connectivity index (χ1v) is 11.0. The average molecular weight is 396 g/mol. The summed E-state index contributed by atoms with van der Waals surface area (Å²) < 4.78 is 51.2. The zero-order chi connectivity index (χ0) is 19.5. The van der Waals surface area contributed by atoms with Crippen molar-refractivity contribution < 1.29 is 21.6 Å². The Hall–Kier alpha value is -2.39. The number of anilines is 1. The largest absolute Gasteiger partial charge is 0.349 e. The maximum atomic E-state index is 12.6. The maximum Gasteiger partial charge on any atom is 0.263 e.